The summed E-state index contributed by atoms with van der Waals surface area (Å²) in [5.41, 5.74) is 1.36. The molecule has 1 atom stereocenters. The van der Waals surface area contributed by atoms with Crippen molar-refractivity contribution < 1.29 is 18.3 Å². The summed E-state index contributed by atoms with van der Waals surface area (Å²) in [6, 6.07) is 5.64. The van der Waals surface area contributed by atoms with Crippen LogP contribution in [0.3, 0.4) is 0 Å². The number of hydrogen-bond donors (Lipinski definition) is 3. The Balaban J connectivity index is 1.89. The van der Waals surface area contributed by atoms with Crippen molar-refractivity contribution in [3.05, 3.63) is 23.8 Å². The van der Waals surface area contributed by atoms with Gasteiger partial charge in [-0.3, -0.25) is 14.1 Å². The van der Waals surface area contributed by atoms with Gasteiger partial charge in [-0.15, -0.1) is 0 Å². The fourth-order valence-corrected chi connectivity index (χ4v) is 3.24. The SMILES string of the molecule is COc1ccc(CCC(=O)NC2CCCCC2)cc1NS(=O)O. The number of benzene rings is 1. The first-order valence-electron chi connectivity index (χ1n) is 7.92. The third-order valence-electron chi connectivity index (χ3n) is 4.07. The predicted molar refractivity (Wildman–Crippen MR) is 90.7 cm³/mol. The minimum atomic E-state index is -2.16. The van der Waals surface area contributed by atoms with E-state index in [-0.39, 0.29) is 5.91 Å². The van der Waals surface area contributed by atoms with E-state index in [0.717, 1.165) is 18.4 Å². The maximum absolute atomic E-state index is 12.0. The molecule has 23 heavy (non-hydrogen) atoms. The summed E-state index contributed by atoms with van der Waals surface area (Å²) < 4.78 is 27.4. The molecule has 1 aromatic rings. The van der Waals surface area contributed by atoms with Crippen LogP contribution < -0.4 is 14.8 Å². The van der Waals surface area contributed by atoms with Crippen molar-refractivity contribution in [3.8, 4) is 5.75 Å². The number of ether oxygens (including phenoxy) is 1. The molecule has 1 fully saturated rings. The van der Waals surface area contributed by atoms with Crippen LogP contribution in [0.15, 0.2) is 18.2 Å². The molecule has 1 amide bonds. The van der Waals surface area contributed by atoms with Gasteiger partial charge in [-0.25, -0.2) is 4.21 Å². The molecule has 2 rings (SSSR count). The second-order valence-electron chi connectivity index (χ2n) is 5.79. The summed E-state index contributed by atoms with van der Waals surface area (Å²) in [6.07, 6.45) is 6.78. The molecule has 0 heterocycles. The van der Waals surface area contributed by atoms with Crippen LogP contribution in [0.2, 0.25) is 0 Å². The van der Waals surface area contributed by atoms with Crippen molar-refractivity contribution in [1.82, 2.24) is 5.32 Å². The summed E-state index contributed by atoms with van der Waals surface area (Å²) >= 11 is -2.16. The van der Waals surface area contributed by atoms with Crippen LogP contribution in [-0.4, -0.2) is 27.8 Å². The maximum atomic E-state index is 12.0. The zero-order chi connectivity index (χ0) is 16.7. The van der Waals surface area contributed by atoms with E-state index in [0.29, 0.717) is 30.3 Å². The lowest BCUT2D eigenvalue weighted by Gasteiger charge is -2.22. The second kappa shape index (κ2) is 8.88. The summed E-state index contributed by atoms with van der Waals surface area (Å²) in [7, 11) is 1.50. The van der Waals surface area contributed by atoms with Crippen LogP contribution in [-0.2, 0) is 22.5 Å². The normalized spacial score (nSPS) is 16.6. The molecule has 1 aliphatic carbocycles. The Kier molecular flexibility index (Phi) is 6.85. The molecule has 1 saturated carbocycles. The van der Waals surface area contributed by atoms with Crippen LogP contribution in [0.25, 0.3) is 0 Å². The van der Waals surface area contributed by atoms with Crippen molar-refractivity contribution >= 4 is 22.9 Å². The van der Waals surface area contributed by atoms with E-state index in [9.17, 15) is 9.00 Å². The van der Waals surface area contributed by atoms with Gasteiger partial charge in [0.05, 0.1) is 12.8 Å². The standard InChI is InChI=1S/C16H24N2O4S/c1-22-15-9-7-12(11-14(15)18-23(20)21)8-10-16(19)17-13-5-3-2-4-6-13/h7,9,11,13,18H,2-6,8,10H2,1H3,(H,17,19)(H,20,21). The summed E-state index contributed by atoms with van der Waals surface area (Å²) in [5.74, 6) is 0.552. The van der Waals surface area contributed by atoms with Gasteiger partial charge in [-0.1, -0.05) is 25.3 Å². The first kappa shape index (κ1) is 17.7. The highest BCUT2D eigenvalue weighted by atomic mass is 32.2. The van der Waals surface area contributed by atoms with Crippen LogP contribution in [0.4, 0.5) is 5.69 Å². The number of rotatable bonds is 7. The molecule has 1 aromatic carbocycles. The van der Waals surface area contributed by atoms with E-state index in [4.69, 9.17) is 9.29 Å². The lowest BCUT2D eigenvalue weighted by atomic mass is 9.95. The van der Waals surface area contributed by atoms with Gasteiger partial charge in [-0.05, 0) is 37.0 Å². The highest BCUT2D eigenvalue weighted by Crippen LogP contribution is 2.26. The third kappa shape index (κ3) is 5.84. The second-order valence-corrected chi connectivity index (χ2v) is 6.49. The van der Waals surface area contributed by atoms with Gasteiger partial charge in [0.25, 0.3) is 11.3 Å². The minimum Gasteiger partial charge on any atom is -0.495 e. The lowest BCUT2D eigenvalue weighted by molar-refractivity contribution is -0.121. The smallest absolute Gasteiger partial charge is 0.259 e. The van der Waals surface area contributed by atoms with Crippen LogP contribution in [0.5, 0.6) is 5.75 Å². The quantitative estimate of drug-likeness (QED) is 0.666. The monoisotopic (exact) mass is 340 g/mol. The van der Waals surface area contributed by atoms with E-state index in [1.807, 2.05) is 6.07 Å². The Labute approximate surface area is 139 Å². The third-order valence-corrected chi connectivity index (χ3v) is 4.47. The lowest BCUT2D eigenvalue weighted by Crippen LogP contribution is -2.36. The number of anilines is 1. The Hall–Kier alpha value is -1.60. The van der Waals surface area contributed by atoms with Gasteiger partial charge >= 0.3 is 0 Å². The Morgan fingerprint density at radius 2 is 2.09 bits per heavy atom. The Bertz CT molecular complexity index is 559. The minimum absolute atomic E-state index is 0.0629. The highest BCUT2D eigenvalue weighted by Gasteiger charge is 2.15. The van der Waals surface area contributed by atoms with E-state index in [1.54, 1.807) is 12.1 Å². The summed E-state index contributed by atoms with van der Waals surface area (Å²) in [4.78, 5) is 12.0. The molecule has 0 aliphatic heterocycles. The number of nitrogens with one attached hydrogen (secondary N) is 2. The molecule has 1 unspecified atom stereocenters. The number of carbonyl (C=O) groups is 1. The molecular formula is C16H24N2O4S. The van der Waals surface area contributed by atoms with Crippen LogP contribution in [0, 0.1) is 0 Å². The van der Waals surface area contributed by atoms with Gasteiger partial charge in [-0.2, -0.15) is 0 Å². The van der Waals surface area contributed by atoms with Crippen LogP contribution >= 0.6 is 0 Å². The zero-order valence-corrected chi connectivity index (χ0v) is 14.2. The van der Waals surface area contributed by atoms with Crippen molar-refractivity contribution in [1.29, 1.82) is 0 Å². The van der Waals surface area contributed by atoms with E-state index in [2.05, 4.69) is 10.0 Å². The summed E-state index contributed by atoms with van der Waals surface area (Å²) in [6.45, 7) is 0. The average molecular weight is 340 g/mol. The Morgan fingerprint density at radius 3 is 2.74 bits per heavy atom. The molecule has 0 spiro atoms. The van der Waals surface area contributed by atoms with Gasteiger partial charge in [0.15, 0.2) is 0 Å². The molecule has 0 radical (unpaired) electrons. The Morgan fingerprint density at radius 1 is 1.35 bits per heavy atom. The number of hydrogen-bond acceptors (Lipinski definition) is 3. The molecule has 7 heteroatoms. The predicted octanol–water partition coefficient (Wildman–Crippen LogP) is 2.63. The van der Waals surface area contributed by atoms with Gasteiger partial charge < -0.3 is 10.1 Å². The van der Waals surface area contributed by atoms with Gasteiger partial charge in [0.1, 0.15) is 5.75 Å². The summed E-state index contributed by atoms with van der Waals surface area (Å²) in [5, 5.41) is 3.09. The van der Waals surface area contributed by atoms with Crippen LogP contribution in [0.1, 0.15) is 44.1 Å². The first-order chi connectivity index (χ1) is 11.1. The fourth-order valence-electron chi connectivity index (χ4n) is 2.89. The maximum Gasteiger partial charge on any atom is 0.259 e. The highest BCUT2D eigenvalue weighted by molar-refractivity contribution is 7.80. The number of amides is 1. The average Bonchev–Trinajstić information content (AvgIpc) is 2.53. The molecular weight excluding hydrogens is 316 g/mol. The number of methoxy groups -OCH3 is 1. The zero-order valence-electron chi connectivity index (χ0n) is 13.3. The van der Waals surface area contributed by atoms with E-state index < -0.39 is 11.3 Å². The van der Waals surface area contributed by atoms with Crippen molar-refractivity contribution in [2.75, 3.05) is 11.8 Å². The fraction of sp³-hybridized carbons (Fsp3) is 0.562. The molecule has 0 aromatic heterocycles. The topological polar surface area (TPSA) is 87.7 Å². The molecule has 6 nitrogen and oxygen atoms in total. The largest absolute Gasteiger partial charge is 0.495 e. The van der Waals surface area contributed by atoms with Gasteiger partial charge in [0, 0.05) is 12.5 Å². The van der Waals surface area contributed by atoms with Crippen molar-refractivity contribution in [2.24, 2.45) is 0 Å². The van der Waals surface area contributed by atoms with E-state index >= 15 is 0 Å². The number of aryl methyl sites for hydroxylation is 1. The molecule has 0 saturated heterocycles. The molecule has 1 aliphatic rings. The van der Waals surface area contributed by atoms with E-state index in [1.165, 1.54) is 26.4 Å². The molecule has 0 bridgehead atoms. The molecule has 3 N–H and O–H groups in total. The van der Waals surface area contributed by atoms with Crippen molar-refractivity contribution in [3.63, 3.8) is 0 Å². The van der Waals surface area contributed by atoms with Gasteiger partial charge in [0.2, 0.25) is 5.91 Å². The first-order valence-corrected chi connectivity index (χ1v) is 9.03. The number of carbonyl (C=O) groups excluding carboxylic acids is 1. The van der Waals surface area contributed by atoms with Crippen molar-refractivity contribution in [2.45, 2.75) is 51.0 Å². The molecule has 128 valence electrons.